The summed E-state index contributed by atoms with van der Waals surface area (Å²) in [5.41, 5.74) is 6.79. The van der Waals surface area contributed by atoms with Gasteiger partial charge in [0.05, 0.1) is 5.56 Å². The van der Waals surface area contributed by atoms with E-state index in [1.807, 2.05) is 6.07 Å². The largest absolute Gasteiger partial charge is 0.449 e. The molecule has 0 radical (unpaired) electrons. The zero-order chi connectivity index (χ0) is 18.3. The van der Waals surface area contributed by atoms with Gasteiger partial charge in [-0.2, -0.15) is 0 Å². The summed E-state index contributed by atoms with van der Waals surface area (Å²) in [6.45, 7) is 0. The number of furan rings is 1. The number of rotatable bonds is 4. The molecule has 0 unspecified atom stereocenters. The molecule has 0 aliphatic heterocycles. The van der Waals surface area contributed by atoms with Crippen molar-refractivity contribution in [3.8, 4) is 0 Å². The smallest absolute Gasteiger partial charge is 0.296 e. The number of aromatic nitrogens is 1. The molecule has 2 aromatic carbocycles. The number of carbonyl (C=O) groups excluding carboxylic acids is 3. The molecule has 2 amide bonds. The molecule has 0 saturated heterocycles. The third-order valence-electron chi connectivity index (χ3n) is 4.10. The summed E-state index contributed by atoms with van der Waals surface area (Å²) in [6.07, 6.45) is 1.48. The number of primary amides is 1. The van der Waals surface area contributed by atoms with Gasteiger partial charge in [0.1, 0.15) is 11.3 Å². The minimum Gasteiger partial charge on any atom is -0.449 e. The van der Waals surface area contributed by atoms with Gasteiger partial charge in [0.25, 0.3) is 17.6 Å². The third kappa shape index (κ3) is 2.42. The van der Waals surface area contributed by atoms with E-state index in [9.17, 15) is 14.4 Å². The van der Waals surface area contributed by atoms with Gasteiger partial charge in [-0.3, -0.25) is 14.4 Å². The van der Waals surface area contributed by atoms with Crippen LogP contribution in [0.4, 0.5) is 5.69 Å². The minimum absolute atomic E-state index is 0.0892. The van der Waals surface area contributed by atoms with Crippen LogP contribution in [0.3, 0.4) is 0 Å². The standard InChI is InChI=1S/C19H13N3O4/c20-18(24)17-15(11-6-2-4-8-14(11)26-17)22-19(25)16(23)12-9-21-13-7-3-1-5-10(12)13/h1-9,21H,(H2,20,24)(H,22,25). The van der Waals surface area contributed by atoms with E-state index >= 15 is 0 Å². The molecule has 4 N–H and O–H groups in total. The molecule has 4 rings (SSSR count). The van der Waals surface area contributed by atoms with Crippen molar-refractivity contribution in [1.29, 1.82) is 0 Å². The fourth-order valence-electron chi connectivity index (χ4n) is 2.90. The number of H-pyrrole nitrogens is 1. The van der Waals surface area contributed by atoms with Crippen LogP contribution in [-0.4, -0.2) is 22.6 Å². The van der Waals surface area contributed by atoms with E-state index in [1.165, 1.54) is 6.20 Å². The maximum Gasteiger partial charge on any atom is 0.296 e. The lowest BCUT2D eigenvalue weighted by molar-refractivity contribution is -0.112. The number of hydrogen-bond acceptors (Lipinski definition) is 4. The highest BCUT2D eigenvalue weighted by Gasteiger charge is 2.25. The Morgan fingerprint density at radius 2 is 1.65 bits per heavy atom. The second kappa shape index (κ2) is 5.89. The van der Waals surface area contributed by atoms with Crippen molar-refractivity contribution in [3.63, 3.8) is 0 Å². The number of carbonyl (C=O) groups is 3. The van der Waals surface area contributed by atoms with E-state index in [1.54, 1.807) is 42.5 Å². The van der Waals surface area contributed by atoms with Crippen molar-refractivity contribution in [2.75, 3.05) is 5.32 Å². The maximum atomic E-state index is 12.6. The van der Waals surface area contributed by atoms with Crippen molar-refractivity contribution in [2.24, 2.45) is 5.73 Å². The summed E-state index contributed by atoms with van der Waals surface area (Å²) >= 11 is 0. The zero-order valence-corrected chi connectivity index (χ0v) is 13.4. The van der Waals surface area contributed by atoms with E-state index in [4.69, 9.17) is 10.2 Å². The Kier molecular flexibility index (Phi) is 3.54. The Balaban J connectivity index is 1.72. The quantitative estimate of drug-likeness (QED) is 0.388. The van der Waals surface area contributed by atoms with Gasteiger partial charge in [-0.05, 0) is 18.2 Å². The third-order valence-corrected chi connectivity index (χ3v) is 4.10. The molecular formula is C19H13N3O4. The van der Waals surface area contributed by atoms with Crippen LogP contribution < -0.4 is 11.1 Å². The van der Waals surface area contributed by atoms with Crippen molar-refractivity contribution < 1.29 is 18.8 Å². The number of nitrogens with one attached hydrogen (secondary N) is 2. The van der Waals surface area contributed by atoms with E-state index in [0.717, 1.165) is 5.52 Å². The minimum atomic E-state index is -0.885. The van der Waals surface area contributed by atoms with Crippen LogP contribution >= 0.6 is 0 Å². The molecule has 0 aliphatic carbocycles. The monoisotopic (exact) mass is 347 g/mol. The number of amides is 2. The summed E-state index contributed by atoms with van der Waals surface area (Å²) in [6, 6.07) is 13.9. The summed E-state index contributed by atoms with van der Waals surface area (Å²) in [5.74, 6) is -2.66. The average Bonchev–Trinajstić information content (AvgIpc) is 3.23. The fourth-order valence-corrected chi connectivity index (χ4v) is 2.90. The molecule has 7 nitrogen and oxygen atoms in total. The van der Waals surface area contributed by atoms with Crippen LogP contribution in [0.5, 0.6) is 0 Å². The van der Waals surface area contributed by atoms with Crippen LogP contribution in [0, 0.1) is 0 Å². The molecule has 7 heteroatoms. The normalized spacial score (nSPS) is 10.9. The van der Waals surface area contributed by atoms with Crippen LogP contribution in [0.2, 0.25) is 0 Å². The van der Waals surface area contributed by atoms with Crippen molar-refractivity contribution in [3.05, 3.63) is 66.1 Å². The van der Waals surface area contributed by atoms with Crippen LogP contribution in [0.15, 0.2) is 59.1 Å². The van der Waals surface area contributed by atoms with Gasteiger partial charge in [0.15, 0.2) is 0 Å². The maximum absolute atomic E-state index is 12.6. The van der Waals surface area contributed by atoms with E-state index in [2.05, 4.69) is 10.3 Å². The van der Waals surface area contributed by atoms with E-state index in [-0.39, 0.29) is 17.0 Å². The SMILES string of the molecule is NC(=O)c1oc2ccccc2c1NC(=O)C(=O)c1c[nH]c2ccccc12. The first-order valence-electron chi connectivity index (χ1n) is 7.79. The Hall–Kier alpha value is -3.87. The molecule has 0 bridgehead atoms. The van der Waals surface area contributed by atoms with Crippen molar-refractivity contribution in [2.45, 2.75) is 0 Å². The second-order valence-electron chi connectivity index (χ2n) is 5.70. The number of aromatic amines is 1. The van der Waals surface area contributed by atoms with Crippen molar-refractivity contribution in [1.82, 2.24) is 4.98 Å². The Labute approximate surface area is 146 Å². The highest BCUT2D eigenvalue weighted by Crippen LogP contribution is 2.31. The Bertz CT molecular complexity index is 1190. The zero-order valence-electron chi connectivity index (χ0n) is 13.4. The summed E-state index contributed by atoms with van der Waals surface area (Å²) in [5, 5.41) is 3.60. The highest BCUT2D eigenvalue weighted by molar-refractivity contribution is 6.49. The molecule has 0 aliphatic rings. The van der Waals surface area contributed by atoms with Gasteiger partial charge in [-0.15, -0.1) is 0 Å². The van der Waals surface area contributed by atoms with Crippen LogP contribution in [0.1, 0.15) is 20.9 Å². The first-order chi connectivity index (χ1) is 12.6. The number of benzene rings is 2. The second-order valence-corrected chi connectivity index (χ2v) is 5.70. The molecule has 0 fully saturated rings. The van der Waals surface area contributed by atoms with E-state index < -0.39 is 17.6 Å². The van der Waals surface area contributed by atoms with Crippen LogP contribution in [-0.2, 0) is 4.79 Å². The molecule has 2 aromatic heterocycles. The Morgan fingerprint density at radius 1 is 0.962 bits per heavy atom. The average molecular weight is 347 g/mol. The molecule has 0 atom stereocenters. The number of ketones is 1. The molecule has 26 heavy (non-hydrogen) atoms. The van der Waals surface area contributed by atoms with Gasteiger partial charge < -0.3 is 20.5 Å². The van der Waals surface area contributed by atoms with Crippen molar-refractivity contribution >= 4 is 45.2 Å². The number of hydrogen-bond donors (Lipinski definition) is 3. The summed E-state index contributed by atoms with van der Waals surface area (Å²) in [7, 11) is 0. The lowest BCUT2D eigenvalue weighted by Gasteiger charge is -2.04. The number of fused-ring (bicyclic) bond motifs is 2. The van der Waals surface area contributed by atoms with Gasteiger partial charge in [-0.25, -0.2) is 0 Å². The number of nitrogens with two attached hydrogens (primary N) is 1. The number of para-hydroxylation sites is 2. The molecule has 2 heterocycles. The molecular weight excluding hydrogens is 334 g/mol. The van der Waals surface area contributed by atoms with Gasteiger partial charge in [0, 0.05) is 22.5 Å². The predicted molar refractivity (Wildman–Crippen MR) is 96.0 cm³/mol. The van der Waals surface area contributed by atoms with Gasteiger partial charge in [0.2, 0.25) is 5.76 Å². The van der Waals surface area contributed by atoms with Gasteiger partial charge >= 0.3 is 0 Å². The fraction of sp³-hybridized carbons (Fsp3) is 0. The number of anilines is 1. The predicted octanol–water partition coefficient (Wildman–Crippen LogP) is 2.83. The first-order valence-corrected chi connectivity index (χ1v) is 7.79. The first kappa shape index (κ1) is 15.6. The topological polar surface area (TPSA) is 118 Å². The van der Waals surface area contributed by atoms with Crippen LogP contribution in [0.25, 0.3) is 21.9 Å². The Morgan fingerprint density at radius 3 is 2.42 bits per heavy atom. The number of Topliss-reactive ketones (excluding diaryl/α,β-unsaturated/α-hetero) is 1. The molecule has 0 spiro atoms. The molecule has 4 aromatic rings. The molecule has 0 saturated carbocycles. The summed E-state index contributed by atoms with van der Waals surface area (Å²) in [4.78, 5) is 39.7. The van der Waals surface area contributed by atoms with Gasteiger partial charge in [-0.1, -0.05) is 30.3 Å². The highest BCUT2D eigenvalue weighted by atomic mass is 16.3. The lowest BCUT2D eigenvalue weighted by Crippen LogP contribution is -2.24. The van der Waals surface area contributed by atoms with E-state index in [0.29, 0.717) is 16.4 Å². The molecule has 128 valence electrons. The summed E-state index contributed by atoms with van der Waals surface area (Å²) < 4.78 is 5.40. The lowest BCUT2D eigenvalue weighted by atomic mass is 10.1.